The van der Waals surface area contributed by atoms with E-state index in [4.69, 9.17) is 27.9 Å². The number of aliphatic hydroxyl groups is 1. The van der Waals surface area contributed by atoms with Crippen LogP contribution in [0.2, 0.25) is 10.0 Å². The van der Waals surface area contributed by atoms with E-state index in [-0.39, 0.29) is 39.2 Å². The molecule has 1 unspecified atom stereocenters. The zero-order valence-corrected chi connectivity index (χ0v) is 20.2. The van der Waals surface area contributed by atoms with Crippen LogP contribution in [-0.2, 0) is 9.59 Å². The highest BCUT2D eigenvalue weighted by Gasteiger charge is 2.46. The van der Waals surface area contributed by atoms with Crippen LogP contribution >= 0.6 is 23.2 Å². The molecule has 176 valence electrons. The molecule has 0 spiro atoms. The molecule has 0 saturated carbocycles. The van der Waals surface area contributed by atoms with Gasteiger partial charge in [-0.1, -0.05) is 49.2 Å². The number of Topliss-reactive ketones (excluding diaryl/α,β-unsaturated/α-hetero) is 1. The zero-order chi connectivity index (χ0) is 24.3. The minimum Gasteiger partial charge on any atom is -0.508 e. The highest BCUT2D eigenvalue weighted by molar-refractivity contribution is 6.46. The molecule has 0 aromatic heterocycles. The Kier molecular flexibility index (Phi) is 7.89. The van der Waals surface area contributed by atoms with Crippen LogP contribution in [0.3, 0.4) is 0 Å². The number of aromatic hydroxyl groups is 1. The van der Waals surface area contributed by atoms with Gasteiger partial charge in [0.1, 0.15) is 17.3 Å². The molecule has 7 nitrogen and oxygen atoms in total. The number of ketones is 1. The van der Waals surface area contributed by atoms with E-state index in [0.717, 1.165) is 13.1 Å². The Balaban J connectivity index is 2.19. The van der Waals surface area contributed by atoms with E-state index >= 15 is 0 Å². The first-order chi connectivity index (χ1) is 15.7. The lowest BCUT2D eigenvalue weighted by Crippen LogP contribution is -2.38. The molecule has 2 aromatic rings. The first kappa shape index (κ1) is 24.9. The van der Waals surface area contributed by atoms with Crippen molar-refractivity contribution in [2.75, 3.05) is 33.3 Å². The lowest BCUT2D eigenvalue weighted by molar-refractivity contribution is -0.140. The Morgan fingerprint density at radius 3 is 2.33 bits per heavy atom. The van der Waals surface area contributed by atoms with Gasteiger partial charge in [-0.2, -0.15) is 0 Å². The molecule has 2 aromatic carbocycles. The summed E-state index contributed by atoms with van der Waals surface area (Å²) in [5.74, 6) is -1.78. The van der Waals surface area contributed by atoms with E-state index < -0.39 is 23.5 Å². The van der Waals surface area contributed by atoms with Gasteiger partial charge in [0.25, 0.3) is 11.7 Å². The fourth-order valence-corrected chi connectivity index (χ4v) is 4.56. The molecule has 1 atom stereocenters. The third kappa shape index (κ3) is 4.95. The number of likely N-dealkylation sites (tertiary alicyclic amines) is 1. The summed E-state index contributed by atoms with van der Waals surface area (Å²) in [4.78, 5) is 29.8. The smallest absolute Gasteiger partial charge is 0.295 e. The second-order valence-electron chi connectivity index (χ2n) is 7.58. The van der Waals surface area contributed by atoms with Crippen LogP contribution in [0.5, 0.6) is 11.5 Å². The summed E-state index contributed by atoms with van der Waals surface area (Å²) in [5.41, 5.74) is 0.586. The summed E-state index contributed by atoms with van der Waals surface area (Å²) in [6, 6.07) is 8.20. The quantitative estimate of drug-likeness (QED) is 0.321. The predicted molar refractivity (Wildman–Crippen MR) is 128 cm³/mol. The van der Waals surface area contributed by atoms with Gasteiger partial charge in [0, 0.05) is 18.1 Å². The van der Waals surface area contributed by atoms with Crippen molar-refractivity contribution in [3.63, 3.8) is 0 Å². The molecule has 2 N–H and O–H groups in total. The van der Waals surface area contributed by atoms with Crippen molar-refractivity contribution in [1.82, 2.24) is 9.80 Å². The summed E-state index contributed by atoms with van der Waals surface area (Å²) in [6.45, 7) is 6.46. The number of likely N-dealkylation sites (N-methyl/N-ethyl adjacent to an activating group) is 1. The number of carbonyl (C=O) groups is 2. The van der Waals surface area contributed by atoms with Crippen molar-refractivity contribution >= 4 is 40.7 Å². The van der Waals surface area contributed by atoms with Crippen molar-refractivity contribution in [2.24, 2.45) is 0 Å². The monoisotopic (exact) mass is 492 g/mol. The molecule has 9 heteroatoms. The normalized spacial score (nSPS) is 17.8. The van der Waals surface area contributed by atoms with Crippen molar-refractivity contribution in [3.05, 3.63) is 63.1 Å². The maximum absolute atomic E-state index is 13.2. The van der Waals surface area contributed by atoms with Crippen LogP contribution in [0.4, 0.5) is 0 Å². The lowest BCUT2D eigenvalue weighted by atomic mass is 9.95. The van der Waals surface area contributed by atoms with Gasteiger partial charge in [-0.25, -0.2) is 0 Å². The van der Waals surface area contributed by atoms with E-state index in [0.29, 0.717) is 12.1 Å². The molecule has 0 aliphatic carbocycles. The zero-order valence-electron chi connectivity index (χ0n) is 18.6. The van der Waals surface area contributed by atoms with Crippen LogP contribution in [0, 0.1) is 0 Å². The number of methoxy groups -OCH3 is 1. The largest absolute Gasteiger partial charge is 0.508 e. The number of rotatable bonds is 8. The standard InChI is InChI=1S/C24H26Cl2N2O5/c1-4-27(5-2)10-11-28-20(14-6-8-16(29)9-7-14)19(22(31)24(28)32)21(30)17-12-15(25)13-18(26)23(17)33-3/h6-9,12-13,20,29-30H,4-5,10-11H2,1-3H3/b21-19+. The van der Waals surface area contributed by atoms with Crippen molar-refractivity contribution in [1.29, 1.82) is 0 Å². The second-order valence-corrected chi connectivity index (χ2v) is 8.42. The SMILES string of the molecule is CCN(CC)CCN1C(=O)C(=O)/C(=C(/O)c2cc(Cl)cc(Cl)c2OC)C1c1ccc(O)cc1. The maximum atomic E-state index is 13.2. The van der Waals surface area contributed by atoms with Crippen LogP contribution in [0.15, 0.2) is 42.0 Å². The third-order valence-electron chi connectivity index (χ3n) is 5.77. The lowest BCUT2D eigenvalue weighted by Gasteiger charge is -2.28. The first-order valence-corrected chi connectivity index (χ1v) is 11.3. The highest BCUT2D eigenvalue weighted by Crippen LogP contribution is 2.43. The molecule has 1 aliphatic rings. The molecule has 1 heterocycles. The molecule has 3 rings (SSSR count). The van der Waals surface area contributed by atoms with Crippen LogP contribution in [0.1, 0.15) is 31.0 Å². The Labute approximate surface area is 202 Å². The summed E-state index contributed by atoms with van der Waals surface area (Å²) in [6.07, 6.45) is 0. The number of nitrogens with zero attached hydrogens (tertiary/aromatic N) is 2. The van der Waals surface area contributed by atoms with Gasteiger partial charge in [-0.15, -0.1) is 0 Å². The Bertz CT molecular complexity index is 1080. The topological polar surface area (TPSA) is 90.3 Å². The Morgan fingerprint density at radius 2 is 1.76 bits per heavy atom. The summed E-state index contributed by atoms with van der Waals surface area (Å²) >= 11 is 12.4. The summed E-state index contributed by atoms with van der Waals surface area (Å²) in [5, 5.41) is 21.4. The first-order valence-electron chi connectivity index (χ1n) is 10.6. The minimum atomic E-state index is -0.858. The van der Waals surface area contributed by atoms with Gasteiger partial charge in [-0.3, -0.25) is 9.59 Å². The third-order valence-corrected chi connectivity index (χ3v) is 6.27. The number of halogens is 2. The number of benzene rings is 2. The molecule has 0 bridgehead atoms. The number of hydrogen-bond donors (Lipinski definition) is 2. The maximum Gasteiger partial charge on any atom is 0.295 e. The number of carbonyl (C=O) groups excluding carboxylic acids is 2. The molecule has 1 aliphatic heterocycles. The van der Waals surface area contributed by atoms with Crippen LogP contribution < -0.4 is 4.74 Å². The van der Waals surface area contributed by atoms with Crippen LogP contribution in [0.25, 0.3) is 5.76 Å². The summed E-state index contributed by atoms with van der Waals surface area (Å²) < 4.78 is 5.33. The van der Waals surface area contributed by atoms with E-state index in [2.05, 4.69) is 4.90 Å². The van der Waals surface area contributed by atoms with Crippen molar-refractivity contribution in [3.8, 4) is 11.5 Å². The molecule has 1 fully saturated rings. The van der Waals surface area contributed by atoms with Gasteiger partial charge < -0.3 is 24.7 Å². The average Bonchev–Trinajstić information content (AvgIpc) is 3.04. The predicted octanol–water partition coefficient (Wildman–Crippen LogP) is 4.47. The molecule has 33 heavy (non-hydrogen) atoms. The molecule has 1 saturated heterocycles. The van der Waals surface area contributed by atoms with Gasteiger partial charge in [0.2, 0.25) is 0 Å². The number of phenols is 1. The summed E-state index contributed by atoms with van der Waals surface area (Å²) in [7, 11) is 1.38. The molecule has 0 radical (unpaired) electrons. The average molecular weight is 493 g/mol. The van der Waals surface area contributed by atoms with Crippen LogP contribution in [-0.4, -0.2) is 65.0 Å². The molecular weight excluding hydrogens is 467 g/mol. The number of aliphatic hydroxyl groups excluding tert-OH is 1. The number of hydrogen-bond acceptors (Lipinski definition) is 6. The van der Waals surface area contributed by atoms with Crippen molar-refractivity contribution in [2.45, 2.75) is 19.9 Å². The second kappa shape index (κ2) is 10.5. The van der Waals surface area contributed by atoms with Crippen molar-refractivity contribution < 1.29 is 24.5 Å². The van der Waals surface area contributed by atoms with Gasteiger partial charge >= 0.3 is 0 Å². The van der Waals surface area contributed by atoms with E-state index in [1.807, 2.05) is 13.8 Å². The van der Waals surface area contributed by atoms with E-state index in [1.165, 1.54) is 36.3 Å². The fraction of sp³-hybridized carbons (Fsp3) is 0.333. The van der Waals surface area contributed by atoms with Gasteiger partial charge in [-0.05, 0) is 42.9 Å². The van der Waals surface area contributed by atoms with E-state index in [1.54, 1.807) is 12.1 Å². The van der Waals surface area contributed by atoms with Gasteiger partial charge in [0.05, 0.1) is 29.3 Å². The molecular formula is C24H26Cl2N2O5. The molecule has 1 amide bonds. The van der Waals surface area contributed by atoms with Gasteiger partial charge in [0.15, 0.2) is 0 Å². The Morgan fingerprint density at radius 1 is 1.12 bits per heavy atom. The highest BCUT2D eigenvalue weighted by atomic mass is 35.5. The Hall–Kier alpha value is -2.74. The number of phenolic OH excluding ortho intramolecular Hbond substituents is 1. The number of amides is 1. The minimum absolute atomic E-state index is 0.0436. The van der Waals surface area contributed by atoms with E-state index in [9.17, 15) is 19.8 Å². The fourth-order valence-electron chi connectivity index (χ4n) is 3.99. The number of ether oxygens (including phenoxy) is 1.